The molecule has 0 aliphatic carbocycles. The summed E-state index contributed by atoms with van der Waals surface area (Å²) in [5.41, 5.74) is 0.842. The van der Waals surface area contributed by atoms with Crippen LogP contribution in [0.1, 0.15) is 58.1 Å². The number of aliphatic carboxylic acids is 1. The number of amides is 1. The lowest BCUT2D eigenvalue weighted by Gasteiger charge is -2.44. The molecule has 3 aliphatic heterocycles. The van der Waals surface area contributed by atoms with Crippen molar-refractivity contribution in [2.45, 2.75) is 58.9 Å². The van der Waals surface area contributed by atoms with E-state index >= 15 is 0 Å². The number of fused-ring (bicyclic) bond motifs is 4. The van der Waals surface area contributed by atoms with E-state index in [0.29, 0.717) is 24.9 Å². The van der Waals surface area contributed by atoms with Crippen LogP contribution >= 0.6 is 0 Å². The number of nitrogens with zero attached hydrogens (tertiary/aromatic N) is 3. The summed E-state index contributed by atoms with van der Waals surface area (Å²) >= 11 is 0. The van der Waals surface area contributed by atoms with E-state index in [0.717, 1.165) is 51.1 Å². The summed E-state index contributed by atoms with van der Waals surface area (Å²) < 4.78 is 1.95. The number of hydrogen-bond donors (Lipinski definition) is 1. The quantitative estimate of drug-likeness (QED) is 0.757. The van der Waals surface area contributed by atoms with Crippen LogP contribution in [0.4, 0.5) is 0 Å². The van der Waals surface area contributed by atoms with Gasteiger partial charge in [-0.05, 0) is 49.6 Å². The van der Waals surface area contributed by atoms with Gasteiger partial charge in [-0.15, -0.1) is 0 Å². The van der Waals surface area contributed by atoms with Gasteiger partial charge in [-0.3, -0.25) is 14.4 Å². The highest BCUT2D eigenvalue weighted by Crippen LogP contribution is 2.36. The van der Waals surface area contributed by atoms with Crippen LogP contribution in [-0.4, -0.2) is 64.1 Å². The summed E-state index contributed by atoms with van der Waals surface area (Å²) in [5, 5.41) is 9.41. The molecule has 2 fully saturated rings. The van der Waals surface area contributed by atoms with Crippen LogP contribution in [0, 0.1) is 23.2 Å². The maximum absolute atomic E-state index is 12.8. The van der Waals surface area contributed by atoms with Crippen molar-refractivity contribution in [3.63, 3.8) is 0 Å². The molecule has 4 rings (SSSR count). The summed E-state index contributed by atoms with van der Waals surface area (Å²) in [4.78, 5) is 41.0. The van der Waals surface area contributed by atoms with Crippen molar-refractivity contribution >= 4 is 11.9 Å². The molecule has 3 aliphatic rings. The Kier molecular flexibility index (Phi) is 6.48. The van der Waals surface area contributed by atoms with E-state index in [-0.39, 0.29) is 29.7 Å². The van der Waals surface area contributed by atoms with Gasteiger partial charge in [-0.25, -0.2) is 0 Å². The van der Waals surface area contributed by atoms with E-state index in [4.69, 9.17) is 0 Å². The minimum absolute atomic E-state index is 0.105. The topological polar surface area (TPSA) is 82.8 Å². The Labute approximate surface area is 190 Å². The number of hydrogen-bond acceptors (Lipinski definition) is 4. The average molecular weight is 444 g/mol. The zero-order chi connectivity index (χ0) is 23.0. The molecule has 4 unspecified atom stereocenters. The molecule has 0 saturated carbocycles. The molecule has 7 nitrogen and oxygen atoms in total. The normalized spacial score (nSPS) is 28.3. The van der Waals surface area contributed by atoms with Gasteiger partial charge in [0.15, 0.2) is 0 Å². The standard InChI is InChI=1S/C25H37N3O4/c1-25(2,3)24(32)27-10-8-18(12-23(30)31)19(16-27)7-9-26-13-17-11-20(15-26)21-5-4-6-22(29)28(21)14-17/h4-6,17-20H,7-16H2,1-3H3,(H,30,31). The molecule has 7 heteroatoms. The van der Waals surface area contributed by atoms with Gasteiger partial charge in [-0.2, -0.15) is 0 Å². The molecular weight excluding hydrogens is 406 g/mol. The molecule has 4 atom stereocenters. The molecule has 1 N–H and O–H groups in total. The Morgan fingerprint density at radius 2 is 1.88 bits per heavy atom. The van der Waals surface area contributed by atoms with E-state index in [1.165, 1.54) is 0 Å². The van der Waals surface area contributed by atoms with Crippen LogP contribution in [0.5, 0.6) is 0 Å². The first-order chi connectivity index (χ1) is 15.1. The number of carboxylic acid groups (broad SMARTS) is 1. The highest BCUT2D eigenvalue weighted by molar-refractivity contribution is 5.81. The summed E-state index contributed by atoms with van der Waals surface area (Å²) in [6.45, 7) is 10.8. The average Bonchev–Trinajstić information content (AvgIpc) is 2.72. The van der Waals surface area contributed by atoms with Crippen molar-refractivity contribution in [2.75, 3.05) is 32.7 Å². The fraction of sp³-hybridized carbons (Fsp3) is 0.720. The van der Waals surface area contributed by atoms with Crippen molar-refractivity contribution in [1.82, 2.24) is 14.4 Å². The number of likely N-dealkylation sites (tertiary alicyclic amines) is 2. The van der Waals surface area contributed by atoms with Gasteiger partial charge in [0.2, 0.25) is 5.91 Å². The first-order valence-corrected chi connectivity index (χ1v) is 12.0. The maximum atomic E-state index is 12.8. The van der Waals surface area contributed by atoms with Crippen molar-refractivity contribution in [1.29, 1.82) is 0 Å². The maximum Gasteiger partial charge on any atom is 0.303 e. The lowest BCUT2D eigenvalue weighted by atomic mass is 9.79. The highest BCUT2D eigenvalue weighted by atomic mass is 16.4. The summed E-state index contributed by atoms with van der Waals surface area (Å²) in [7, 11) is 0. The molecule has 4 heterocycles. The van der Waals surface area contributed by atoms with Crippen LogP contribution < -0.4 is 5.56 Å². The third-order valence-corrected chi connectivity index (χ3v) is 7.63. The molecule has 32 heavy (non-hydrogen) atoms. The predicted octanol–water partition coefficient (Wildman–Crippen LogP) is 2.64. The second-order valence-corrected chi connectivity index (χ2v) is 11.2. The first-order valence-electron chi connectivity index (χ1n) is 12.0. The summed E-state index contributed by atoms with van der Waals surface area (Å²) in [6, 6.07) is 5.61. The zero-order valence-corrected chi connectivity index (χ0v) is 19.6. The Morgan fingerprint density at radius 3 is 2.59 bits per heavy atom. The molecule has 176 valence electrons. The van der Waals surface area contributed by atoms with Gasteiger partial charge in [0.25, 0.3) is 5.56 Å². The van der Waals surface area contributed by atoms with E-state index < -0.39 is 11.4 Å². The fourth-order valence-electron chi connectivity index (χ4n) is 6.09. The number of carboxylic acids is 1. The van der Waals surface area contributed by atoms with Crippen molar-refractivity contribution in [2.24, 2.45) is 23.2 Å². The lowest BCUT2D eigenvalue weighted by Crippen LogP contribution is -2.50. The second kappa shape index (κ2) is 9.00. The molecule has 0 radical (unpaired) electrons. The number of carbonyl (C=O) groups excluding carboxylic acids is 1. The number of aromatic nitrogens is 1. The van der Waals surface area contributed by atoms with Gasteiger partial charge in [-0.1, -0.05) is 26.8 Å². The smallest absolute Gasteiger partial charge is 0.303 e. The Balaban J connectivity index is 1.42. The SMILES string of the molecule is CC(C)(C)C(=O)N1CCC(CC(=O)O)C(CCN2CC3CC(C2)c2cccc(=O)n2C3)C1. The van der Waals surface area contributed by atoms with Crippen LogP contribution in [0.15, 0.2) is 23.0 Å². The molecule has 2 bridgehead atoms. The van der Waals surface area contributed by atoms with Gasteiger partial charge in [0.1, 0.15) is 0 Å². The molecule has 2 saturated heterocycles. The molecule has 0 aromatic carbocycles. The van der Waals surface area contributed by atoms with E-state index in [1.807, 2.05) is 36.3 Å². The van der Waals surface area contributed by atoms with Gasteiger partial charge >= 0.3 is 5.97 Å². The Hall–Kier alpha value is -2.15. The highest BCUT2D eigenvalue weighted by Gasteiger charge is 2.38. The minimum atomic E-state index is -0.745. The molecular formula is C25H37N3O4. The summed E-state index contributed by atoms with van der Waals surface area (Å²) in [6.07, 6.45) is 3.00. The van der Waals surface area contributed by atoms with Crippen molar-refractivity contribution < 1.29 is 14.7 Å². The number of piperidine rings is 2. The van der Waals surface area contributed by atoms with Crippen molar-refractivity contribution in [3.05, 3.63) is 34.2 Å². The number of pyridine rings is 1. The molecule has 1 amide bonds. The number of carbonyl (C=O) groups is 2. The van der Waals surface area contributed by atoms with Crippen LogP contribution in [0.25, 0.3) is 0 Å². The predicted molar refractivity (Wildman–Crippen MR) is 122 cm³/mol. The van der Waals surface area contributed by atoms with E-state index in [1.54, 1.807) is 6.07 Å². The van der Waals surface area contributed by atoms with Gasteiger partial charge in [0, 0.05) is 62.2 Å². The summed E-state index contributed by atoms with van der Waals surface area (Å²) in [5.74, 6) is 0.622. The molecule has 1 aromatic rings. The van der Waals surface area contributed by atoms with Crippen LogP contribution in [0.2, 0.25) is 0 Å². The third kappa shape index (κ3) is 4.92. The molecule has 0 spiro atoms. The Bertz CT molecular complexity index is 918. The minimum Gasteiger partial charge on any atom is -0.481 e. The Morgan fingerprint density at radius 1 is 1.09 bits per heavy atom. The third-order valence-electron chi connectivity index (χ3n) is 7.63. The second-order valence-electron chi connectivity index (χ2n) is 11.2. The van der Waals surface area contributed by atoms with Gasteiger partial charge in [0.05, 0.1) is 0 Å². The van der Waals surface area contributed by atoms with E-state index in [2.05, 4.69) is 11.0 Å². The zero-order valence-electron chi connectivity index (χ0n) is 19.6. The van der Waals surface area contributed by atoms with Gasteiger partial charge < -0.3 is 19.5 Å². The monoisotopic (exact) mass is 443 g/mol. The van der Waals surface area contributed by atoms with Crippen LogP contribution in [-0.2, 0) is 16.1 Å². The van der Waals surface area contributed by atoms with Crippen LogP contribution in [0.3, 0.4) is 0 Å². The molecule has 1 aromatic heterocycles. The first kappa shape index (κ1) is 23.0. The number of rotatable bonds is 5. The largest absolute Gasteiger partial charge is 0.481 e. The van der Waals surface area contributed by atoms with E-state index in [9.17, 15) is 19.5 Å². The fourth-order valence-corrected chi connectivity index (χ4v) is 6.09. The van der Waals surface area contributed by atoms with Crippen molar-refractivity contribution in [3.8, 4) is 0 Å². The lowest BCUT2D eigenvalue weighted by molar-refractivity contribution is -0.143.